The highest BCUT2D eigenvalue weighted by molar-refractivity contribution is 6.29. The Morgan fingerprint density at radius 3 is 2.56 bits per heavy atom. The number of likely N-dealkylation sites (N-methyl/N-ethyl adjacent to an activating group) is 2. The van der Waals surface area contributed by atoms with Crippen molar-refractivity contribution in [3.63, 3.8) is 0 Å². The van der Waals surface area contributed by atoms with Gasteiger partial charge in [0.25, 0.3) is 5.91 Å². The molecule has 0 atom stereocenters. The largest absolute Gasteiger partial charge is 0.373 e. The summed E-state index contributed by atoms with van der Waals surface area (Å²) in [6.45, 7) is 1.49. The maximum absolute atomic E-state index is 12.2. The Labute approximate surface area is 113 Å². The van der Waals surface area contributed by atoms with Gasteiger partial charge in [-0.25, -0.2) is 4.98 Å². The molecule has 0 aliphatic rings. The molecule has 0 saturated heterocycles. The normalized spacial score (nSPS) is 10.6. The molecule has 0 aliphatic heterocycles. The Morgan fingerprint density at radius 2 is 2.00 bits per heavy atom. The average Bonchev–Trinajstić information content (AvgIpc) is 2.34. The zero-order chi connectivity index (χ0) is 13.7. The van der Waals surface area contributed by atoms with E-state index >= 15 is 0 Å². The van der Waals surface area contributed by atoms with E-state index in [4.69, 9.17) is 11.6 Å². The number of nitrogens with zero attached hydrogens (tertiary/aromatic N) is 3. The van der Waals surface area contributed by atoms with Gasteiger partial charge >= 0.3 is 0 Å². The van der Waals surface area contributed by atoms with Gasteiger partial charge in [0, 0.05) is 32.7 Å². The summed E-state index contributed by atoms with van der Waals surface area (Å²) in [5.41, 5.74) is 0.542. The van der Waals surface area contributed by atoms with Gasteiger partial charge in [-0.1, -0.05) is 11.6 Å². The third-order valence-corrected chi connectivity index (χ3v) is 2.72. The molecule has 0 bridgehead atoms. The minimum absolute atomic E-state index is 0.0577. The summed E-state index contributed by atoms with van der Waals surface area (Å²) >= 11 is 5.87. The van der Waals surface area contributed by atoms with Gasteiger partial charge in [-0.05, 0) is 26.2 Å². The Bertz CT molecular complexity index is 423. The van der Waals surface area contributed by atoms with Crippen LogP contribution in [0.25, 0.3) is 0 Å². The first-order chi connectivity index (χ1) is 8.43. The van der Waals surface area contributed by atoms with Gasteiger partial charge in [-0.3, -0.25) is 4.79 Å². The van der Waals surface area contributed by atoms with Crippen LogP contribution in [0.15, 0.2) is 12.1 Å². The van der Waals surface area contributed by atoms with E-state index in [1.807, 2.05) is 19.0 Å². The number of anilines is 1. The van der Waals surface area contributed by atoms with Crippen molar-refractivity contribution in [3.05, 3.63) is 22.8 Å². The Morgan fingerprint density at radius 1 is 1.33 bits per heavy atom. The molecule has 1 aromatic heterocycles. The molecule has 1 rings (SSSR count). The average molecular weight is 271 g/mol. The lowest BCUT2D eigenvalue weighted by atomic mass is 10.2. The molecule has 1 aromatic rings. The molecular weight excluding hydrogens is 252 g/mol. The van der Waals surface area contributed by atoms with E-state index in [-0.39, 0.29) is 5.91 Å². The highest BCUT2D eigenvalue weighted by atomic mass is 35.5. The SMILES string of the molecule is CNc1cc(C(=O)N(C)CCN(C)C)cc(Cl)n1. The van der Waals surface area contributed by atoms with Crippen molar-refractivity contribution in [2.24, 2.45) is 0 Å². The summed E-state index contributed by atoms with van der Waals surface area (Å²) in [4.78, 5) is 19.9. The molecule has 18 heavy (non-hydrogen) atoms. The predicted octanol–water partition coefficient (Wildman–Crippen LogP) is 1.41. The molecule has 0 radical (unpaired) electrons. The van der Waals surface area contributed by atoms with E-state index < -0.39 is 0 Å². The number of nitrogens with one attached hydrogen (secondary N) is 1. The second kappa shape index (κ2) is 6.56. The van der Waals surface area contributed by atoms with Gasteiger partial charge in [-0.2, -0.15) is 0 Å². The summed E-state index contributed by atoms with van der Waals surface area (Å²) in [6, 6.07) is 3.28. The summed E-state index contributed by atoms with van der Waals surface area (Å²) in [7, 11) is 7.46. The number of carbonyl (C=O) groups excluding carboxylic acids is 1. The van der Waals surface area contributed by atoms with Gasteiger partial charge in [0.05, 0.1) is 0 Å². The van der Waals surface area contributed by atoms with Crippen molar-refractivity contribution < 1.29 is 4.79 Å². The van der Waals surface area contributed by atoms with E-state index in [1.165, 1.54) is 0 Å². The third kappa shape index (κ3) is 4.16. The number of amides is 1. The van der Waals surface area contributed by atoms with Crippen LogP contribution in [0.5, 0.6) is 0 Å². The molecule has 0 spiro atoms. The predicted molar refractivity (Wildman–Crippen MR) is 74.3 cm³/mol. The first kappa shape index (κ1) is 14.7. The highest BCUT2D eigenvalue weighted by Gasteiger charge is 2.13. The quantitative estimate of drug-likeness (QED) is 0.822. The standard InChI is InChI=1S/C12H19ClN4O/c1-14-11-8-9(7-10(13)15-11)12(18)17(4)6-5-16(2)3/h7-8H,5-6H2,1-4H3,(H,14,15). The fourth-order valence-electron chi connectivity index (χ4n) is 1.42. The van der Waals surface area contributed by atoms with Crippen molar-refractivity contribution in [2.45, 2.75) is 0 Å². The summed E-state index contributed by atoms with van der Waals surface area (Å²) in [6.07, 6.45) is 0. The smallest absolute Gasteiger partial charge is 0.253 e. The number of aromatic nitrogens is 1. The van der Waals surface area contributed by atoms with E-state index in [2.05, 4.69) is 10.3 Å². The van der Waals surface area contributed by atoms with Gasteiger partial charge < -0.3 is 15.1 Å². The molecule has 5 nitrogen and oxygen atoms in total. The lowest BCUT2D eigenvalue weighted by Crippen LogP contribution is -2.33. The van der Waals surface area contributed by atoms with Gasteiger partial charge in [0.2, 0.25) is 0 Å². The number of pyridine rings is 1. The molecule has 1 amide bonds. The number of carbonyl (C=O) groups is 1. The maximum Gasteiger partial charge on any atom is 0.253 e. The molecule has 6 heteroatoms. The zero-order valence-corrected chi connectivity index (χ0v) is 12.0. The molecule has 100 valence electrons. The third-order valence-electron chi connectivity index (χ3n) is 2.53. The first-order valence-corrected chi connectivity index (χ1v) is 6.07. The van der Waals surface area contributed by atoms with E-state index in [0.29, 0.717) is 23.1 Å². The summed E-state index contributed by atoms with van der Waals surface area (Å²) in [5, 5.41) is 3.19. The van der Waals surface area contributed by atoms with E-state index in [9.17, 15) is 4.79 Å². The van der Waals surface area contributed by atoms with Crippen molar-refractivity contribution in [1.29, 1.82) is 0 Å². The minimum atomic E-state index is -0.0577. The monoisotopic (exact) mass is 270 g/mol. The lowest BCUT2D eigenvalue weighted by Gasteiger charge is -2.20. The molecule has 0 aromatic carbocycles. The van der Waals surface area contributed by atoms with Gasteiger partial charge in [-0.15, -0.1) is 0 Å². The number of rotatable bonds is 5. The Hall–Kier alpha value is -1.33. The highest BCUT2D eigenvalue weighted by Crippen LogP contribution is 2.15. The zero-order valence-electron chi connectivity index (χ0n) is 11.2. The molecule has 0 fully saturated rings. The molecule has 0 aliphatic carbocycles. The molecule has 0 saturated carbocycles. The number of hydrogen-bond donors (Lipinski definition) is 1. The van der Waals surface area contributed by atoms with Gasteiger partial charge in [0.15, 0.2) is 0 Å². The van der Waals surface area contributed by atoms with E-state index in [0.717, 1.165) is 6.54 Å². The topological polar surface area (TPSA) is 48.5 Å². The van der Waals surface area contributed by atoms with Crippen molar-refractivity contribution >= 4 is 23.3 Å². The maximum atomic E-state index is 12.2. The van der Waals surface area contributed by atoms with Crippen molar-refractivity contribution in [1.82, 2.24) is 14.8 Å². The van der Waals surface area contributed by atoms with Crippen LogP contribution >= 0.6 is 11.6 Å². The Kier molecular flexibility index (Phi) is 5.37. The van der Waals surface area contributed by atoms with Crippen LogP contribution in [0.3, 0.4) is 0 Å². The van der Waals surface area contributed by atoms with Crippen LogP contribution in [0.4, 0.5) is 5.82 Å². The second-order valence-corrected chi connectivity index (χ2v) is 4.73. The van der Waals surface area contributed by atoms with Crippen molar-refractivity contribution in [2.75, 3.05) is 46.6 Å². The Balaban J connectivity index is 2.79. The molecular formula is C12H19ClN4O. The van der Waals surface area contributed by atoms with Crippen LogP contribution in [-0.2, 0) is 0 Å². The van der Waals surface area contributed by atoms with Crippen LogP contribution in [0.2, 0.25) is 5.15 Å². The van der Waals surface area contributed by atoms with Gasteiger partial charge in [0.1, 0.15) is 11.0 Å². The van der Waals surface area contributed by atoms with Crippen LogP contribution in [0.1, 0.15) is 10.4 Å². The van der Waals surface area contributed by atoms with Crippen LogP contribution < -0.4 is 5.32 Å². The molecule has 1 heterocycles. The minimum Gasteiger partial charge on any atom is -0.373 e. The summed E-state index contributed by atoms with van der Waals surface area (Å²) < 4.78 is 0. The summed E-state index contributed by atoms with van der Waals surface area (Å²) in [5.74, 6) is 0.532. The molecule has 0 unspecified atom stereocenters. The first-order valence-electron chi connectivity index (χ1n) is 5.69. The lowest BCUT2D eigenvalue weighted by molar-refractivity contribution is 0.0786. The fourth-order valence-corrected chi connectivity index (χ4v) is 1.63. The second-order valence-electron chi connectivity index (χ2n) is 4.34. The number of hydrogen-bond acceptors (Lipinski definition) is 4. The fraction of sp³-hybridized carbons (Fsp3) is 0.500. The van der Waals surface area contributed by atoms with Crippen molar-refractivity contribution in [3.8, 4) is 0 Å². The number of halogens is 1. The van der Waals surface area contributed by atoms with Crippen LogP contribution in [-0.4, -0.2) is 62.0 Å². The van der Waals surface area contributed by atoms with E-state index in [1.54, 1.807) is 31.1 Å². The molecule has 1 N–H and O–H groups in total. The van der Waals surface area contributed by atoms with Crippen LogP contribution in [0, 0.1) is 0 Å².